The second-order valence-corrected chi connectivity index (χ2v) is 9.55. The summed E-state index contributed by atoms with van der Waals surface area (Å²) < 4.78 is 5.95. The number of hydrogen-bond acceptors (Lipinski definition) is 4. The number of aromatic nitrogens is 2. The number of hydrogen-bond donors (Lipinski definition) is 2. The number of carboxylic acids is 1. The fraction of sp³-hybridized carbons (Fsp3) is 0.360. The van der Waals surface area contributed by atoms with Gasteiger partial charge < -0.3 is 14.8 Å². The van der Waals surface area contributed by atoms with Crippen LogP contribution in [0.4, 0.5) is 0 Å². The first-order valence-corrected chi connectivity index (χ1v) is 11.8. The Bertz CT molecular complexity index is 1040. The van der Waals surface area contributed by atoms with Crippen molar-refractivity contribution in [3.63, 3.8) is 0 Å². The van der Waals surface area contributed by atoms with Gasteiger partial charge in [-0.2, -0.15) is 0 Å². The molecule has 2 aliphatic rings. The molecule has 2 N–H and O–H groups in total. The molecule has 0 spiro atoms. The summed E-state index contributed by atoms with van der Waals surface area (Å²) in [4.78, 5) is 18.9. The smallest absolute Gasteiger partial charge is 0.371 e. The Morgan fingerprint density at radius 3 is 2.52 bits per heavy atom. The molecule has 1 aromatic heterocycles. The molecule has 0 amide bonds. The second-order valence-electron chi connectivity index (χ2n) is 8.42. The van der Waals surface area contributed by atoms with E-state index < -0.39 is 5.97 Å². The molecule has 5 nitrogen and oxygen atoms in total. The molecule has 5 rings (SSSR count). The van der Waals surface area contributed by atoms with Crippen LogP contribution in [0.2, 0.25) is 0 Å². The SMILES string of the molecule is O=C(O)c1nc2c([nH]1)C(C1CCCCC1)C(c1ccc(OCc3ccccc3)cc1)S2. The van der Waals surface area contributed by atoms with Crippen molar-refractivity contribution >= 4 is 17.7 Å². The van der Waals surface area contributed by atoms with Crippen molar-refractivity contribution in [2.75, 3.05) is 0 Å². The summed E-state index contributed by atoms with van der Waals surface area (Å²) in [5, 5.41) is 10.5. The van der Waals surface area contributed by atoms with E-state index in [9.17, 15) is 9.90 Å². The quantitative estimate of drug-likeness (QED) is 0.483. The fourth-order valence-corrected chi connectivity index (χ4v) is 6.38. The minimum absolute atomic E-state index is 0.0569. The number of aromatic carboxylic acids is 1. The summed E-state index contributed by atoms with van der Waals surface area (Å²) >= 11 is 1.70. The second kappa shape index (κ2) is 8.79. The molecule has 1 fully saturated rings. The van der Waals surface area contributed by atoms with Gasteiger partial charge in [-0.25, -0.2) is 9.78 Å². The minimum atomic E-state index is -0.992. The number of imidazole rings is 1. The fourth-order valence-electron chi connectivity index (χ4n) is 4.88. The van der Waals surface area contributed by atoms with E-state index in [1.54, 1.807) is 11.8 Å². The highest BCUT2D eigenvalue weighted by Crippen LogP contribution is 2.58. The number of fused-ring (bicyclic) bond motifs is 1. The summed E-state index contributed by atoms with van der Waals surface area (Å²) in [6, 6.07) is 18.5. The lowest BCUT2D eigenvalue weighted by Gasteiger charge is -2.31. The molecule has 0 radical (unpaired) electrons. The number of nitrogens with one attached hydrogen (secondary N) is 1. The van der Waals surface area contributed by atoms with Crippen molar-refractivity contribution < 1.29 is 14.6 Å². The van der Waals surface area contributed by atoms with Crippen LogP contribution in [0.1, 0.15) is 70.7 Å². The van der Waals surface area contributed by atoms with Gasteiger partial charge in [0.25, 0.3) is 0 Å². The average molecular weight is 435 g/mol. The van der Waals surface area contributed by atoms with Crippen LogP contribution in [0, 0.1) is 5.92 Å². The van der Waals surface area contributed by atoms with Gasteiger partial charge in [-0.1, -0.05) is 73.5 Å². The Kier molecular flexibility index (Phi) is 5.72. The molecule has 1 aliphatic carbocycles. The molecule has 2 heterocycles. The molecule has 0 bridgehead atoms. The van der Waals surface area contributed by atoms with Gasteiger partial charge in [0.15, 0.2) is 0 Å². The highest BCUT2D eigenvalue weighted by atomic mass is 32.2. The van der Waals surface area contributed by atoms with E-state index in [1.165, 1.54) is 37.7 Å². The Labute approximate surface area is 186 Å². The Morgan fingerprint density at radius 2 is 1.81 bits per heavy atom. The first-order valence-electron chi connectivity index (χ1n) is 11.0. The van der Waals surface area contributed by atoms with E-state index in [-0.39, 0.29) is 17.0 Å². The van der Waals surface area contributed by atoms with Crippen LogP contribution in [0.3, 0.4) is 0 Å². The maximum Gasteiger partial charge on any atom is 0.371 e. The maximum absolute atomic E-state index is 11.4. The largest absolute Gasteiger partial charge is 0.489 e. The van der Waals surface area contributed by atoms with Crippen LogP contribution in [-0.4, -0.2) is 21.0 Å². The summed E-state index contributed by atoms with van der Waals surface area (Å²) in [7, 11) is 0. The van der Waals surface area contributed by atoms with E-state index in [4.69, 9.17) is 4.74 Å². The molecule has 0 saturated heterocycles. The van der Waals surface area contributed by atoms with Crippen molar-refractivity contribution in [1.82, 2.24) is 9.97 Å². The van der Waals surface area contributed by atoms with E-state index >= 15 is 0 Å². The number of H-pyrrole nitrogens is 1. The zero-order valence-corrected chi connectivity index (χ0v) is 18.1. The molecular weight excluding hydrogens is 408 g/mol. The molecule has 2 aromatic carbocycles. The maximum atomic E-state index is 11.4. The monoisotopic (exact) mass is 434 g/mol. The highest BCUT2D eigenvalue weighted by Gasteiger charge is 2.42. The number of ether oxygens (including phenoxy) is 1. The molecule has 1 aliphatic heterocycles. The summed E-state index contributed by atoms with van der Waals surface area (Å²) in [6.07, 6.45) is 6.19. The highest BCUT2D eigenvalue weighted by molar-refractivity contribution is 7.99. The summed E-state index contributed by atoms with van der Waals surface area (Å²) in [5.41, 5.74) is 3.41. The normalized spacial score (nSPS) is 21.0. The van der Waals surface area contributed by atoms with Crippen LogP contribution >= 0.6 is 11.8 Å². The lowest BCUT2D eigenvalue weighted by atomic mass is 9.76. The lowest BCUT2D eigenvalue weighted by Crippen LogP contribution is -2.19. The molecule has 160 valence electrons. The topological polar surface area (TPSA) is 75.2 Å². The Morgan fingerprint density at radius 1 is 1.06 bits per heavy atom. The van der Waals surface area contributed by atoms with E-state index in [0.717, 1.165) is 22.0 Å². The number of carboxylic acid groups (broad SMARTS) is 1. The number of benzene rings is 2. The third-order valence-electron chi connectivity index (χ3n) is 6.41. The number of thioether (sulfide) groups is 1. The van der Waals surface area contributed by atoms with Crippen LogP contribution in [0.15, 0.2) is 59.6 Å². The molecule has 2 atom stereocenters. The van der Waals surface area contributed by atoms with Crippen LogP contribution in [0.25, 0.3) is 0 Å². The number of aromatic amines is 1. The van der Waals surface area contributed by atoms with Crippen molar-refractivity contribution in [2.24, 2.45) is 5.92 Å². The average Bonchev–Trinajstić information content (AvgIpc) is 3.38. The summed E-state index contributed by atoms with van der Waals surface area (Å²) in [5.74, 6) is 0.755. The minimum Gasteiger partial charge on any atom is -0.489 e. The van der Waals surface area contributed by atoms with Crippen LogP contribution in [0.5, 0.6) is 5.75 Å². The van der Waals surface area contributed by atoms with E-state index in [1.807, 2.05) is 30.3 Å². The van der Waals surface area contributed by atoms with Crippen molar-refractivity contribution in [3.8, 4) is 5.75 Å². The number of nitrogens with zero attached hydrogens (tertiary/aromatic N) is 1. The van der Waals surface area contributed by atoms with Gasteiger partial charge in [-0.05, 0) is 42.0 Å². The summed E-state index contributed by atoms with van der Waals surface area (Å²) in [6.45, 7) is 0.551. The number of carbonyl (C=O) groups is 1. The lowest BCUT2D eigenvalue weighted by molar-refractivity contribution is 0.0684. The Hall–Kier alpha value is -2.73. The van der Waals surface area contributed by atoms with Gasteiger partial charge in [0.1, 0.15) is 17.4 Å². The Balaban J connectivity index is 1.36. The van der Waals surface area contributed by atoms with Crippen molar-refractivity contribution in [3.05, 3.63) is 77.2 Å². The van der Waals surface area contributed by atoms with Crippen molar-refractivity contribution in [2.45, 2.75) is 54.9 Å². The first kappa shape index (κ1) is 20.2. The molecule has 6 heteroatoms. The molecule has 1 saturated carbocycles. The third-order valence-corrected chi connectivity index (χ3v) is 7.77. The molecule has 2 unspecified atom stereocenters. The van der Waals surface area contributed by atoms with Gasteiger partial charge >= 0.3 is 5.97 Å². The third kappa shape index (κ3) is 4.22. The van der Waals surface area contributed by atoms with Crippen LogP contribution in [-0.2, 0) is 6.61 Å². The van der Waals surface area contributed by atoms with Gasteiger partial charge in [-0.3, -0.25) is 0 Å². The van der Waals surface area contributed by atoms with Crippen molar-refractivity contribution in [1.29, 1.82) is 0 Å². The zero-order valence-electron chi connectivity index (χ0n) is 17.3. The van der Waals surface area contributed by atoms with Gasteiger partial charge in [0, 0.05) is 11.2 Å². The molecule has 3 aromatic rings. The molecular formula is C25H26N2O3S. The molecule has 31 heavy (non-hydrogen) atoms. The predicted molar refractivity (Wildman–Crippen MR) is 121 cm³/mol. The van der Waals surface area contributed by atoms with Gasteiger partial charge in [-0.15, -0.1) is 0 Å². The first-order chi connectivity index (χ1) is 15.2. The zero-order chi connectivity index (χ0) is 21.2. The standard InChI is InChI=1S/C25H26N2O3S/c28-25(29)23-26-21-20(17-9-5-2-6-10-17)22(31-24(21)27-23)18-11-13-19(14-12-18)30-15-16-7-3-1-4-8-16/h1,3-4,7-8,11-14,17,20,22H,2,5-6,9-10,15H2,(H,26,27)(H,28,29). The van der Waals surface area contributed by atoms with E-state index in [2.05, 4.69) is 34.2 Å². The van der Waals surface area contributed by atoms with Gasteiger partial charge in [0.2, 0.25) is 5.82 Å². The van der Waals surface area contributed by atoms with Gasteiger partial charge in [0.05, 0.1) is 5.69 Å². The predicted octanol–water partition coefficient (Wildman–Crippen LogP) is 6.20. The van der Waals surface area contributed by atoms with Crippen LogP contribution < -0.4 is 4.74 Å². The van der Waals surface area contributed by atoms with E-state index in [0.29, 0.717) is 12.5 Å². The number of rotatable bonds is 6.